The maximum atomic E-state index is 13.0. The first-order chi connectivity index (χ1) is 12.4. The molecule has 0 aliphatic carbocycles. The van der Waals surface area contributed by atoms with Crippen molar-refractivity contribution in [2.75, 3.05) is 0 Å². The zero-order valence-electron chi connectivity index (χ0n) is 13.1. The van der Waals surface area contributed by atoms with Crippen molar-refractivity contribution in [2.45, 2.75) is 6.18 Å². The quantitative estimate of drug-likeness (QED) is 0.324. The predicted octanol–water partition coefficient (Wildman–Crippen LogP) is 4.12. The Morgan fingerprint density at radius 1 is 1.19 bits per heavy atom. The lowest BCUT2D eigenvalue weighted by molar-refractivity contribution is -0.385. The fourth-order valence-corrected chi connectivity index (χ4v) is 3.55. The van der Waals surface area contributed by atoms with E-state index in [-0.39, 0.29) is 11.3 Å². The van der Waals surface area contributed by atoms with Crippen LogP contribution in [0.5, 0.6) is 5.75 Å². The molecule has 2 aromatic rings. The summed E-state index contributed by atoms with van der Waals surface area (Å²) in [6, 6.07) is 6.80. The number of halogens is 4. The largest absolute Gasteiger partial charge is 0.463 e. The van der Waals surface area contributed by atoms with Gasteiger partial charge in [-0.3, -0.25) is 14.7 Å². The van der Waals surface area contributed by atoms with Crippen molar-refractivity contribution in [1.29, 1.82) is 0 Å². The van der Waals surface area contributed by atoms with Gasteiger partial charge in [-0.2, -0.15) is 13.2 Å². The molecule has 0 aromatic heterocycles. The van der Waals surface area contributed by atoms with Crippen LogP contribution < -0.4 is 10.0 Å². The monoisotopic (exact) mass is 423 g/mol. The Morgan fingerprint density at radius 3 is 2.37 bits per heavy atom. The van der Waals surface area contributed by atoms with Crippen molar-refractivity contribution in [1.82, 2.24) is 0 Å². The number of nitrogens with zero attached hydrogens (tertiary/aromatic N) is 1. The fraction of sp³-hybridized carbons (Fsp3) is 0.0667. The molecule has 0 spiro atoms. The average Bonchev–Trinajstić information content (AvgIpc) is 2.54. The lowest BCUT2D eigenvalue weighted by Gasteiger charge is -2.17. The molecule has 0 amide bonds. The number of ether oxygens (including phenoxy) is 1. The molecule has 0 fully saturated rings. The average molecular weight is 424 g/mol. The molecule has 2 aromatic carbocycles. The van der Waals surface area contributed by atoms with Crippen LogP contribution in [0.1, 0.15) is 11.1 Å². The van der Waals surface area contributed by atoms with E-state index >= 15 is 0 Å². The van der Waals surface area contributed by atoms with Gasteiger partial charge in [0.1, 0.15) is 5.75 Å². The van der Waals surface area contributed by atoms with Crippen LogP contribution in [-0.4, -0.2) is 14.7 Å². The molecule has 2 rings (SSSR count). The molecule has 0 heterocycles. The van der Waals surface area contributed by atoms with Crippen molar-refractivity contribution >= 4 is 36.3 Å². The number of hydrogen-bond donors (Lipinski definition) is 2. The topological polar surface area (TPSA) is 110 Å². The number of rotatable bonds is 5. The second-order valence-electron chi connectivity index (χ2n) is 5.05. The summed E-state index contributed by atoms with van der Waals surface area (Å²) in [6.45, 7) is 0. The number of para-hydroxylation sites is 1. The van der Waals surface area contributed by atoms with Gasteiger partial charge >= 0.3 is 13.8 Å². The molecule has 27 heavy (non-hydrogen) atoms. The van der Waals surface area contributed by atoms with Crippen LogP contribution in [0.3, 0.4) is 0 Å². The Labute approximate surface area is 155 Å². The molecule has 0 bridgehead atoms. The Bertz CT molecular complexity index is 957. The zero-order valence-corrected chi connectivity index (χ0v) is 14.7. The first-order valence-corrected chi connectivity index (χ1v) is 8.94. The van der Waals surface area contributed by atoms with Crippen molar-refractivity contribution < 1.29 is 37.2 Å². The standard InChI is InChI=1S/C15H10ClF3NO6P/c16-13-12(6-5-10(15(17,18)19)14(13)27(23,24)25)26-8-7-9-3-1-2-4-11(9)20(21)22/h1-8H,(H2,23,24,25). The summed E-state index contributed by atoms with van der Waals surface area (Å²) in [4.78, 5) is 28.7. The smallest absolute Gasteiger partial charge is 0.417 e. The molecule has 0 radical (unpaired) electrons. The number of alkyl halides is 3. The Kier molecular flexibility index (Phi) is 5.96. The van der Waals surface area contributed by atoms with Gasteiger partial charge in [0.05, 0.1) is 32.6 Å². The molecule has 0 aliphatic rings. The SMILES string of the molecule is O=[N+]([O-])c1ccccc1C=COc1ccc(C(F)(F)F)c(P(=O)(O)O)c1Cl. The van der Waals surface area contributed by atoms with Gasteiger partial charge in [-0.15, -0.1) is 0 Å². The van der Waals surface area contributed by atoms with Gasteiger partial charge in [-0.05, 0) is 24.3 Å². The number of hydrogen-bond acceptors (Lipinski definition) is 4. The summed E-state index contributed by atoms with van der Waals surface area (Å²) in [5, 5.41) is 8.59. The van der Waals surface area contributed by atoms with Crippen LogP contribution >= 0.6 is 19.2 Å². The van der Waals surface area contributed by atoms with Gasteiger partial charge in [0, 0.05) is 6.07 Å². The minimum Gasteiger partial charge on any atom is -0.463 e. The van der Waals surface area contributed by atoms with E-state index in [1.165, 1.54) is 24.3 Å². The van der Waals surface area contributed by atoms with Crippen molar-refractivity contribution in [3.8, 4) is 5.75 Å². The highest BCUT2D eigenvalue weighted by atomic mass is 35.5. The summed E-state index contributed by atoms with van der Waals surface area (Å²) in [5.74, 6) is -0.460. The fourth-order valence-electron chi connectivity index (χ4n) is 2.13. The van der Waals surface area contributed by atoms with E-state index in [0.29, 0.717) is 6.07 Å². The van der Waals surface area contributed by atoms with Crippen molar-refractivity contribution in [3.63, 3.8) is 0 Å². The molecule has 0 saturated carbocycles. The van der Waals surface area contributed by atoms with Gasteiger partial charge < -0.3 is 14.5 Å². The normalized spacial score (nSPS) is 12.4. The molecular formula is C15H10ClF3NO6P. The lowest BCUT2D eigenvalue weighted by atomic mass is 10.2. The maximum Gasteiger partial charge on any atom is 0.417 e. The molecule has 0 unspecified atom stereocenters. The highest BCUT2D eigenvalue weighted by Gasteiger charge is 2.40. The van der Waals surface area contributed by atoms with E-state index in [1.54, 1.807) is 0 Å². The number of benzene rings is 2. The molecule has 2 N–H and O–H groups in total. The molecule has 144 valence electrons. The van der Waals surface area contributed by atoms with E-state index < -0.39 is 40.3 Å². The summed E-state index contributed by atoms with van der Waals surface area (Å²) in [5.41, 5.74) is -1.69. The maximum absolute atomic E-state index is 13.0. The van der Waals surface area contributed by atoms with E-state index in [0.717, 1.165) is 18.4 Å². The summed E-state index contributed by atoms with van der Waals surface area (Å²) < 4.78 is 55.4. The predicted molar refractivity (Wildman–Crippen MR) is 90.9 cm³/mol. The van der Waals surface area contributed by atoms with E-state index in [1.807, 2.05) is 0 Å². The van der Waals surface area contributed by atoms with Crippen LogP contribution in [0.25, 0.3) is 6.08 Å². The zero-order chi connectivity index (χ0) is 20.4. The highest BCUT2D eigenvalue weighted by Crippen LogP contribution is 2.45. The molecule has 0 aliphatic heterocycles. The minimum absolute atomic E-state index is 0.140. The highest BCUT2D eigenvalue weighted by molar-refractivity contribution is 7.60. The van der Waals surface area contributed by atoms with E-state index in [2.05, 4.69) is 0 Å². The van der Waals surface area contributed by atoms with Crippen LogP contribution in [0.4, 0.5) is 18.9 Å². The number of nitro groups is 1. The van der Waals surface area contributed by atoms with E-state index in [9.17, 15) is 37.6 Å². The number of nitro benzene ring substituents is 1. The summed E-state index contributed by atoms with van der Waals surface area (Å²) in [6.07, 6.45) is -2.98. The van der Waals surface area contributed by atoms with Crippen LogP contribution in [-0.2, 0) is 10.7 Å². The van der Waals surface area contributed by atoms with Crippen LogP contribution in [0.15, 0.2) is 42.7 Å². The van der Waals surface area contributed by atoms with Gasteiger partial charge in [-0.1, -0.05) is 23.7 Å². The molecule has 0 saturated heterocycles. The minimum atomic E-state index is -5.37. The first kappa shape index (κ1) is 20.9. The molecule has 12 heteroatoms. The first-order valence-electron chi connectivity index (χ1n) is 6.95. The molecule has 7 nitrogen and oxygen atoms in total. The Balaban J connectivity index is 2.42. The Hall–Kier alpha value is -2.39. The van der Waals surface area contributed by atoms with Gasteiger partial charge in [0.2, 0.25) is 0 Å². The van der Waals surface area contributed by atoms with Crippen molar-refractivity contribution in [2.24, 2.45) is 0 Å². The van der Waals surface area contributed by atoms with Gasteiger partial charge in [-0.25, -0.2) is 0 Å². The summed E-state index contributed by atoms with van der Waals surface area (Å²) >= 11 is 5.71. The third kappa shape index (κ3) is 4.86. The second-order valence-corrected chi connectivity index (χ2v) is 6.97. The van der Waals surface area contributed by atoms with Crippen LogP contribution in [0, 0.1) is 10.1 Å². The van der Waals surface area contributed by atoms with Gasteiger partial charge in [0.25, 0.3) is 5.69 Å². The molecular weight excluding hydrogens is 414 g/mol. The lowest BCUT2D eigenvalue weighted by Crippen LogP contribution is -2.21. The Morgan fingerprint density at radius 2 is 1.81 bits per heavy atom. The van der Waals surface area contributed by atoms with Crippen molar-refractivity contribution in [3.05, 3.63) is 68.9 Å². The third-order valence-electron chi connectivity index (χ3n) is 3.25. The second kappa shape index (κ2) is 7.69. The van der Waals surface area contributed by atoms with Crippen LogP contribution in [0.2, 0.25) is 5.02 Å². The summed E-state index contributed by atoms with van der Waals surface area (Å²) in [7, 11) is -5.37. The third-order valence-corrected chi connectivity index (χ3v) is 4.81. The van der Waals surface area contributed by atoms with Gasteiger partial charge in [0.15, 0.2) is 0 Å². The molecule has 0 atom stereocenters. The van der Waals surface area contributed by atoms with E-state index in [4.69, 9.17) is 16.3 Å².